The van der Waals surface area contributed by atoms with Crippen molar-refractivity contribution in [2.45, 2.75) is 31.5 Å². The Morgan fingerprint density at radius 3 is 2.91 bits per heavy atom. The molecule has 8 heteroatoms. The fraction of sp³-hybridized carbons (Fsp3) is 0.400. The molecule has 0 bridgehead atoms. The Kier molecular flexibility index (Phi) is 4.61. The maximum Gasteiger partial charge on any atom is 0.246 e. The normalized spacial score (nSPS) is 23.9. The molecule has 1 heterocycles. The van der Waals surface area contributed by atoms with Gasteiger partial charge in [0, 0.05) is 17.5 Å². The van der Waals surface area contributed by atoms with Gasteiger partial charge in [0.1, 0.15) is 0 Å². The van der Waals surface area contributed by atoms with Gasteiger partial charge in [-0.25, -0.2) is 0 Å². The highest BCUT2D eigenvalue weighted by molar-refractivity contribution is 6.33. The first-order valence-corrected chi connectivity index (χ1v) is 7.71. The molecular weight excluding hydrogens is 320 g/mol. The van der Waals surface area contributed by atoms with Gasteiger partial charge >= 0.3 is 0 Å². The third-order valence-corrected chi connectivity index (χ3v) is 4.27. The lowest BCUT2D eigenvalue weighted by Gasteiger charge is -2.08. The second-order valence-electron chi connectivity index (χ2n) is 5.61. The zero-order valence-electron chi connectivity index (χ0n) is 12.3. The molecule has 1 aromatic carbocycles. The van der Waals surface area contributed by atoms with Crippen LogP contribution in [0.2, 0.25) is 5.02 Å². The molecule has 1 fully saturated rings. The standard InChI is InChI=1S/C15H17ClN4O3/c16-10-4-2-1-3-9(10)14-19-13(23-20-14)7-18-15(22)8-5-11(17)12(21)6-8/h1-4,8,11-12,21H,5-7,17H2,(H,18,22)/t8-,11+,12+/m0/s1. The lowest BCUT2D eigenvalue weighted by molar-refractivity contribution is -0.125. The van der Waals surface area contributed by atoms with Crippen molar-refractivity contribution in [3.63, 3.8) is 0 Å². The van der Waals surface area contributed by atoms with Gasteiger partial charge in [0.15, 0.2) is 0 Å². The molecule has 23 heavy (non-hydrogen) atoms. The molecule has 3 rings (SSSR count). The smallest absolute Gasteiger partial charge is 0.246 e. The summed E-state index contributed by atoms with van der Waals surface area (Å²) in [7, 11) is 0. The van der Waals surface area contributed by atoms with Crippen molar-refractivity contribution >= 4 is 17.5 Å². The number of aliphatic hydroxyl groups excluding tert-OH is 1. The number of aromatic nitrogens is 2. The van der Waals surface area contributed by atoms with Gasteiger partial charge in [-0.15, -0.1) is 0 Å². The van der Waals surface area contributed by atoms with E-state index >= 15 is 0 Å². The third kappa shape index (κ3) is 3.52. The van der Waals surface area contributed by atoms with E-state index in [1.807, 2.05) is 12.1 Å². The van der Waals surface area contributed by atoms with E-state index in [2.05, 4.69) is 15.5 Å². The zero-order chi connectivity index (χ0) is 16.4. The third-order valence-electron chi connectivity index (χ3n) is 3.94. The average molecular weight is 337 g/mol. The topological polar surface area (TPSA) is 114 Å². The summed E-state index contributed by atoms with van der Waals surface area (Å²) >= 11 is 6.08. The van der Waals surface area contributed by atoms with Gasteiger partial charge in [0.2, 0.25) is 17.6 Å². The van der Waals surface area contributed by atoms with E-state index in [1.54, 1.807) is 12.1 Å². The van der Waals surface area contributed by atoms with Gasteiger partial charge in [-0.05, 0) is 25.0 Å². The van der Waals surface area contributed by atoms with Gasteiger partial charge in [0.05, 0.1) is 17.7 Å². The van der Waals surface area contributed by atoms with Crippen LogP contribution in [0.25, 0.3) is 11.4 Å². The Morgan fingerprint density at radius 2 is 2.22 bits per heavy atom. The molecule has 1 aliphatic rings. The molecule has 3 atom stereocenters. The molecule has 1 saturated carbocycles. The van der Waals surface area contributed by atoms with E-state index in [9.17, 15) is 9.90 Å². The Bertz CT molecular complexity index is 696. The summed E-state index contributed by atoms with van der Waals surface area (Å²) in [5.74, 6) is 0.203. The van der Waals surface area contributed by atoms with Crippen LogP contribution in [-0.2, 0) is 11.3 Å². The second-order valence-corrected chi connectivity index (χ2v) is 6.02. The van der Waals surface area contributed by atoms with Crippen LogP contribution in [0.3, 0.4) is 0 Å². The van der Waals surface area contributed by atoms with Crippen molar-refractivity contribution < 1.29 is 14.4 Å². The van der Waals surface area contributed by atoms with Crippen molar-refractivity contribution in [1.82, 2.24) is 15.5 Å². The molecule has 0 aliphatic heterocycles. The van der Waals surface area contributed by atoms with Crippen LogP contribution in [0.4, 0.5) is 0 Å². The van der Waals surface area contributed by atoms with E-state index in [1.165, 1.54) is 0 Å². The zero-order valence-corrected chi connectivity index (χ0v) is 13.0. The lowest BCUT2D eigenvalue weighted by atomic mass is 10.1. The summed E-state index contributed by atoms with van der Waals surface area (Å²) in [5, 5.41) is 16.7. The van der Waals surface area contributed by atoms with Gasteiger partial charge < -0.3 is 20.7 Å². The molecule has 7 nitrogen and oxygen atoms in total. The number of hydrogen-bond acceptors (Lipinski definition) is 6. The van der Waals surface area contributed by atoms with Gasteiger partial charge in [-0.2, -0.15) is 4.98 Å². The Morgan fingerprint density at radius 1 is 1.43 bits per heavy atom. The van der Waals surface area contributed by atoms with Crippen molar-refractivity contribution in [2.24, 2.45) is 11.7 Å². The molecule has 4 N–H and O–H groups in total. The molecular formula is C15H17ClN4O3. The van der Waals surface area contributed by atoms with E-state index in [4.69, 9.17) is 21.9 Å². The van der Waals surface area contributed by atoms with Gasteiger partial charge in [-0.3, -0.25) is 4.79 Å². The largest absolute Gasteiger partial charge is 0.391 e. The van der Waals surface area contributed by atoms with Crippen molar-refractivity contribution in [3.05, 3.63) is 35.2 Å². The summed E-state index contributed by atoms with van der Waals surface area (Å²) in [6.07, 6.45) is 0.227. The number of carbonyl (C=O) groups excluding carboxylic acids is 1. The Hall–Kier alpha value is -1.96. The minimum absolute atomic E-state index is 0.123. The fourth-order valence-corrected chi connectivity index (χ4v) is 2.87. The summed E-state index contributed by atoms with van der Waals surface area (Å²) in [4.78, 5) is 16.3. The van der Waals surface area contributed by atoms with E-state index < -0.39 is 6.10 Å². The summed E-state index contributed by atoms with van der Waals surface area (Å²) in [5.41, 5.74) is 6.38. The molecule has 122 valence electrons. The number of nitrogens with zero attached hydrogens (tertiary/aromatic N) is 2. The van der Waals surface area contributed by atoms with E-state index in [-0.39, 0.29) is 30.3 Å². The predicted molar refractivity (Wildman–Crippen MR) is 83.3 cm³/mol. The van der Waals surface area contributed by atoms with Crippen molar-refractivity contribution in [2.75, 3.05) is 0 Å². The lowest BCUT2D eigenvalue weighted by Crippen LogP contribution is -2.30. The number of nitrogens with two attached hydrogens (primary N) is 1. The van der Waals surface area contributed by atoms with E-state index in [0.717, 1.165) is 0 Å². The van der Waals surface area contributed by atoms with Crippen LogP contribution >= 0.6 is 11.6 Å². The van der Waals surface area contributed by atoms with Crippen molar-refractivity contribution in [1.29, 1.82) is 0 Å². The monoisotopic (exact) mass is 336 g/mol. The predicted octanol–water partition coefficient (Wildman–Crippen LogP) is 1.10. The number of hydrogen-bond donors (Lipinski definition) is 3. The number of amides is 1. The maximum atomic E-state index is 12.1. The minimum atomic E-state index is -0.624. The Balaban J connectivity index is 1.60. The summed E-state index contributed by atoms with van der Waals surface area (Å²) in [6, 6.07) is 6.82. The average Bonchev–Trinajstić information content (AvgIpc) is 3.13. The summed E-state index contributed by atoms with van der Waals surface area (Å²) in [6.45, 7) is 0.123. The molecule has 1 aliphatic carbocycles. The maximum absolute atomic E-state index is 12.1. The van der Waals surface area contributed by atoms with Crippen LogP contribution in [-0.4, -0.2) is 33.3 Å². The number of rotatable bonds is 4. The van der Waals surface area contributed by atoms with Crippen LogP contribution < -0.4 is 11.1 Å². The van der Waals surface area contributed by atoms with Crippen LogP contribution in [0.1, 0.15) is 18.7 Å². The molecule has 2 aromatic rings. The Labute approximate surface area is 137 Å². The first kappa shape index (κ1) is 15.9. The number of nitrogens with one attached hydrogen (secondary N) is 1. The molecule has 0 saturated heterocycles. The first-order chi connectivity index (χ1) is 11.0. The number of aliphatic hydroxyl groups is 1. The molecule has 0 spiro atoms. The molecule has 0 radical (unpaired) electrons. The van der Waals surface area contributed by atoms with Crippen LogP contribution in [0, 0.1) is 5.92 Å². The molecule has 1 aromatic heterocycles. The number of benzene rings is 1. The molecule has 0 unspecified atom stereocenters. The first-order valence-electron chi connectivity index (χ1n) is 7.33. The summed E-state index contributed by atoms with van der Waals surface area (Å²) < 4.78 is 5.12. The van der Waals surface area contributed by atoms with Crippen LogP contribution in [0.15, 0.2) is 28.8 Å². The highest BCUT2D eigenvalue weighted by atomic mass is 35.5. The highest BCUT2D eigenvalue weighted by Crippen LogP contribution is 2.26. The highest BCUT2D eigenvalue weighted by Gasteiger charge is 2.34. The SMILES string of the molecule is N[C@@H]1C[C@H](C(=O)NCc2nc(-c3ccccc3Cl)no2)C[C@H]1O. The number of carbonyl (C=O) groups is 1. The minimum Gasteiger partial charge on any atom is -0.391 e. The van der Waals surface area contributed by atoms with Gasteiger partial charge in [-0.1, -0.05) is 28.9 Å². The second kappa shape index (κ2) is 6.66. The quantitative estimate of drug-likeness (QED) is 0.770. The number of halogens is 1. The van der Waals surface area contributed by atoms with Crippen LogP contribution in [0.5, 0.6) is 0 Å². The molecule has 1 amide bonds. The fourth-order valence-electron chi connectivity index (χ4n) is 2.65. The van der Waals surface area contributed by atoms with E-state index in [0.29, 0.717) is 29.3 Å². The van der Waals surface area contributed by atoms with Crippen molar-refractivity contribution in [3.8, 4) is 11.4 Å². The van der Waals surface area contributed by atoms with Gasteiger partial charge in [0.25, 0.3) is 0 Å².